The highest BCUT2D eigenvalue weighted by Gasteiger charge is 2.52. The van der Waals surface area contributed by atoms with Crippen LogP contribution >= 0.6 is 0 Å². The van der Waals surface area contributed by atoms with Crippen molar-refractivity contribution in [3.63, 3.8) is 0 Å². The van der Waals surface area contributed by atoms with Crippen molar-refractivity contribution in [2.75, 3.05) is 0 Å². The van der Waals surface area contributed by atoms with Crippen LogP contribution in [0, 0.1) is 0 Å². The Morgan fingerprint density at radius 3 is 2.22 bits per heavy atom. The number of amidine groups is 1. The van der Waals surface area contributed by atoms with Crippen molar-refractivity contribution in [2.24, 2.45) is 4.99 Å². The van der Waals surface area contributed by atoms with Crippen LogP contribution < -0.4 is 5.32 Å². The molecule has 1 amide bonds. The number of carbonyl (C=O) groups is 1. The predicted octanol–water partition coefficient (Wildman–Crippen LogP) is 3.22. The standard InChI is InChI=1S/C16H27BN2O4/c1-14(2,3)21-13(20)19-12-9-8-11(10-18-12)17-22-15(4,5)16(6,7)23-17/h10H,8-9H2,1-7H3,(H,18,19,20). The van der Waals surface area contributed by atoms with E-state index in [1.165, 1.54) is 0 Å². The van der Waals surface area contributed by atoms with Crippen molar-refractivity contribution >= 4 is 19.0 Å². The molecule has 0 bridgehead atoms. The van der Waals surface area contributed by atoms with Crippen LogP contribution in [0.1, 0.15) is 61.3 Å². The first-order chi connectivity index (χ1) is 10.4. The normalized spacial score (nSPS) is 23.2. The molecule has 0 unspecified atom stereocenters. The molecule has 128 valence electrons. The predicted molar refractivity (Wildman–Crippen MR) is 90.2 cm³/mol. The topological polar surface area (TPSA) is 69.2 Å². The van der Waals surface area contributed by atoms with Crippen molar-refractivity contribution in [2.45, 2.75) is 78.1 Å². The van der Waals surface area contributed by atoms with E-state index < -0.39 is 11.7 Å². The molecule has 1 N–H and O–H groups in total. The van der Waals surface area contributed by atoms with Crippen molar-refractivity contribution < 1.29 is 18.8 Å². The van der Waals surface area contributed by atoms with E-state index in [2.05, 4.69) is 10.3 Å². The molecule has 0 spiro atoms. The van der Waals surface area contributed by atoms with Crippen LogP contribution in [0.15, 0.2) is 16.7 Å². The van der Waals surface area contributed by atoms with E-state index in [4.69, 9.17) is 14.0 Å². The van der Waals surface area contributed by atoms with Gasteiger partial charge in [0.05, 0.1) is 11.2 Å². The average molecular weight is 322 g/mol. The highest BCUT2D eigenvalue weighted by atomic mass is 16.7. The summed E-state index contributed by atoms with van der Waals surface area (Å²) in [6.45, 7) is 13.6. The molecule has 0 aromatic rings. The minimum absolute atomic E-state index is 0.364. The summed E-state index contributed by atoms with van der Waals surface area (Å²) >= 11 is 0. The van der Waals surface area contributed by atoms with Gasteiger partial charge < -0.3 is 14.0 Å². The van der Waals surface area contributed by atoms with Gasteiger partial charge in [0.2, 0.25) is 0 Å². The number of allylic oxidation sites excluding steroid dienone is 1. The molecule has 0 saturated carbocycles. The van der Waals surface area contributed by atoms with E-state index in [0.717, 1.165) is 11.9 Å². The van der Waals surface area contributed by atoms with Gasteiger partial charge in [0.1, 0.15) is 11.4 Å². The highest BCUT2D eigenvalue weighted by molar-refractivity contribution is 6.54. The Bertz CT molecular complexity index is 531. The number of amides is 1. The van der Waals surface area contributed by atoms with Crippen LogP contribution in [0.25, 0.3) is 0 Å². The number of hydrogen-bond donors (Lipinski definition) is 1. The number of hydrogen-bond acceptors (Lipinski definition) is 5. The lowest BCUT2D eigenvalue weighted by molar-refractivity contribution is 0.00578. The van der Waals surface area contributed by atoms with Crippen LogP contribution in [0.3, 0.4) is 0 Å². The van der Waals surface area contributed by atoms with E-state index in [9.17, 15) is 4.79 Å². The van der Waals surface area contributed by atoms with Gasteiger partial charge in [-0.15, -0.1) is 0 Å². The van der Waals surface area contributed by atoms with E-state index in [0.29, 0.717) is 12.3 Å². The third-order valence-corrected chi connectivity index (χ3v) is 4.24. The number of carbonyl (C=O) groups excluding carboxylic acids is 1. The minimum Gasteiger partial charge on any atom is -0.444 e. The maximum atomic E-state index is 11.8. The number of ether oxygens (including phenoxy) is 1. The molecule has 7 heteroatoms. The summed E-state index contributed by atoms with van der Waals surface area (Å²) in [5, 5.41) is 2.68. The van der Waals surface area contributed by atoms with Crippen LogP contribution in [-0.2, 0) is 14.0 Å². The fraction of sp³-hybridized carbons (Fsp3) is 0.750. The molecule has 23 heavy (non-hydrogen) atoms. The molecule has 0 aromatic carbocycles. The summed E-state index contributed by atoms with van der Waals surface area (Å²) in [5.41, 5.74) is -0.268. The Kier molecular flexibility index (Phi) is 4.65. The van der Waals surface area contributed by atoms with Gasteiger partial charge >= 0.3 is 13.2 Å². The Morgan fingerprint density at radius 2 is 1.78 bits per heavy atom. The van der Waals surface area contributed by atoms with Gasteiger partial charge in [-0.1, -0.05) is 0 Å². The van der Waals surface area contributed by atoms with Gasteiger partial charge in [-0.25, -0.2) is 9.79 Å². The minimum atomic E-state index is -0.525. The van der Waals surface area contributed by atoms with Crippen LogP contribution in [-0.4, -0.2) is 35.9 Å². The average Bonchev–Trinajstić information content (AvgIpc) is 2.56. The molecular formula is C16H27BN2O4. The molecule has 0 aliphatic carbocycles. The number of aliphatic imine (C=N–C) groups is 1. The van der Waals surface area contributed by atoms with Crippen molar-refractivity contribution in [1.82, 2.24) is 5.32 Å². The molecule has 2 rings (SSSR count). The number of rotatable bonds is 1. The zero-order chi connectivity index (χ0) is 17.5. The summed E-state index contributed by atoms with van der Waals surface area (Å²) in [7, 11) is -0.383. The summed E-state index contributed by atoms with van der Waals surface area (Å²) < 4.78 is 17.2. The first kappa shape index (κ1) is 18.0. The summed E-state index contributed by atoms with van der Waals surface area (Å²) in [6, 6.07) is 0. The van der Waals surface area contributed by atoms with Gasteiger partial charge in [0.25, 0.3) is 0 Å². The SMILES string of the molecule is CC(C)(C)OC(=O)NC1=NC=C(B2OC(C)(C)C(C)(C)O2)CC1. The third-order valence-electron chi connectivity index (χ3n) is 4.24. The molecular weight excluding hydrogens is 295 g/mol. The molecule has 0 aromatic heterocycles. The smallest absolute Gasteiger partial charge is 0.444 e. The Morgan fingerprint density at radius 1 is 1.22 bits per heavy atom. The van der Waals surface area contributed by atoms with E-state index >= 15 is 0 Å². The van der Waals surface area contributed by atoms with Crippen molar-refractivity contribution in [1.29, 1.82) is 0 Å². The second-order valence-electron chi connectivity index (χ2n) is 7.99. The van der Waals surface area contributed by atoms with E-state index in [1.54, 1.807) is 6.20 Å². The quantitative estimate of drug-likeness (QED) is 0.753. The van der Waals surface area contributed by atoms with Crippen LogP contribution in [0.2, 0.25) is 0 Å². The van der Waals surface area contributed by atoms with Gasteiger partial charge in [-0.2, -0.15) is 0 Å². The summed E-state index contributed by atoms with van der Waals surface area (Å²) in [4.78, 5) is 16.1. The molecule has 6 nitrogen and oxygen atoms in total. The zero-order valence-electron chi connectivity index (χ0n) is 15.1. The molecule has 2 heterocycles. The molecule has 0 atom stereocenters. The van der Waals surface area contributed by atoms with Crippen LogP contribution in [0.5, 0.6) is 0 Å². The van der Waals surface area contributed by atoms with E-state index in [-0.39, 0.29) is 18.3 Å². The second kappa shape index (κ2) is 5.94. The molecule has 1 saturated heterocycles. The first-order valence-corrected chi connectivity index (χ1v) is 8.01. The Labute approximate surface area is 138 Å². The molecule has 1 fully saturated rings. The van der Waals surface area contributed by atoms with Gasteiger partial charge in [-0.3, -0.25) is 5.32 Å². The largest absolute Gasteiger partial charge is 0.492 e. The summed E-state index contributed by atoms with van der Waals surface area (Å²) in [6.07, 6.45) is 2.59. The lowest BCUT2D eigenvalue weighted by Crippen LogP contribution is -2.41. The van der Waals surface area contributed by atoms with Gasteiger partial charge in [-0.05, 0) is 60.4 Å². The van der Waals surface area contributed by atoms with Crippen molar-refractivity contribution in [3.05, 3.63) is 11.7 Å². The van der Waals surface area contributed by atoms with Crippen LogP contribution in [0.4, 0.5) is 4.79 Å². The van der Waals surface area contributed by atoms with Crippen molar-refractivity contribution in [3.8, 4) is 0 Å². The molecule has 2 aliphatic rings. The number of nitrogens with one attached hydrogen (secondary N) is 1. The lowest BCUT2D eigenvalue weighted by Gasteiger charge is -2.32. The fourth-order valence-corrected chi connectivity index (χ4v) is 2.24. The van der Waals surface area contributed by atoms with Gasteiger partial charge in [0.15, 0.2) is 0 Å². The Hall–Kier alpha value is -1.34. The Balaban J connectivity index is 1.98. The van der Waals surface area contributed by atoms with Gasteiger partial charge in [0, 0.05) is 12.6 Å². The number of alkyl carbamates (subject to hydrolysis) is 1. The highest BCUT2D eigenvalue weighted by Crippen LogP contribution is 2.39. The number of nitrogens with zero attached hydrogens (tertiary/aromatic N) is 1. The third kappa shape index (κ3) is 4.35. The monoisotopic (exact) mass is 322 g/mol. The lowest BCUT2D eigenvalue weighted by atomic mass is 9.75. The molecule has 2 aliphatic heterocycles. The zero-order valence-corrected chi connectivity index (χ0v) is 15.1. The second-order valence-corrected chi connectivity index (χ2v) is 7.99. The van der Waals surface area contributed by atoms with E-state index in [1.807, 2.05) is 48.5 Å². The maximum absolute atomic E-state index is 11.8. The fourth-order valence-electron chi connectivity index (χ4n) is 2.24. The molecule has 0 radical (unpaired) electrons. The maximum Gasteiger partial charge on any atom is 0.492 e. The summed E-state index contributed by atoms with van der Waals surface area (Å²) in [5.74, 6) is 0.597. The first-order valence-electron chi connectivity index (χ1n) is 8.01.